The van der Waals surface area contributed by atoms with E-state index in [1.54, 1.807) is 0 Å². The highest BCUT2D eigenvalue weighted by atomic mass is 16.6. The number of rotatable bonds is 3. The Balaban J connectivity index is 1.53. The average molecular weight is 308 g/mol. The third-order valence-electron chi connectivity index (χ3n) is 5.72. The molecule has 22 heavy (non-hydrogen) atoms. The van der Waals surface area contributed by atoms with Crippen LogP contribution in [0.2, 0.25) is 0 Å². The van der Waals surface area contributed by atoms with Crippen LogP contribution in [0.4, 0.5) is 4.79 Å². The van der Waals surface area contributed by atoms with E-state index in [0.717, 1.165) is 32.2 Å². The van der Waals surface area contributed by atoms with Crippen LogP contribution in [-0.2, 0) is 4.74 Å². The number of nitrogens with zero attached hydrogens (tertiary/aromatic N) is 1. The molecule has 0 aromatic carbocycles. The molecule has 0 aromatic heterocycles. The Labute approximate surface area is 135 Å². The van der Waals surface area contributed by atoms with Crippen molar-refractivity contribution in [2.75, 3.05) is 6.54 Å². The molecule has 3 aliphatic rings. The lowest BCUT2D eigenvalue weighted by atomic mass is 9.70. The van der Waals surface area contributed by atoms with E-state index in [4.69, 9.17) is 4.74 Å². The summed E-state index contributed by atoms with van der Waals surface area (Å²) < 4.78 is 5.60. The van der Waals surface area contributed by atoms with Gasteiger partial charge in [-0.2, -0.15) is 0 Å². The Kier molecular flexibility index (Phi) is 4.17. The molecule has 4 heteroatoms. The van der Waals surface area contributed by atoms with Gasteiger partial charge in [0.25, 0.3) is 0 Å². The van der Waals surface area contributed by atoms with Crippen LogP contribution in [-0.4, -0.2) is 41.3 Å². The molecule has 1 aliphatic carbocycles. The van der Waals surface area contributed by atoms with Crippen LogP contribution in [0.5, 0.6) is 0 Å². The van der Waals surface area contributed by atoms with Crippen LogP contribution in [0, 0.1) is 5.41 Å². The van der Waals surface area contributed by atoms with Gasteiger partial charge in [-0.3, -0.25) is 0 Å². The van der Waals surface area contributed by atoms with Gasteiger partial charge in [0.2, 0.25) is 0 Å². The summed E-state index contributed by atoms with van der Waals surface area (Å²) >= 11 is 0. The quantitative estimate of drug-likeness (QED) is 0.864. The van der Waals surface area contributed by atoms with Gasteiger partial charge in [-0.1, -0.05) is 13.3 Å². The van der Waals surface area contributed by atoms with E-state index in [1.165, 1.54) is 19.3 Å². The van der Waals surface area contributed by atoms with Crippen molar-refractivity contribution in [1.29, 1.82) is 0 Å². The van der Waals surface area contributed by atoms with Gasteiger partial charge >= 0.3 is 6.09 Å². The standard InChI is InChI=1S/C18H32N2O2/c1-17(2,3)22-16(21)20-14-6-7-15(20)11-13(10-14)19-12-18(4)8-5-9-18/h13-15,19H,5-12H2,1-4H3. The van der Waals surface area contributed by atoms with Crippen molar-refractivity contribution in [1.82, 2.24) is 10.2 Å². The molecule has 3 fully saturated rings. The van der Waals surface area contributed by atoms with Crippen molar-refractivity contribution in [3.05, 3.63) is 0 Å². The van der Waals surface area contributed by atoms with Gasteiger partial charge in [0.15, 0.2) is 0 Å². The Morgan fingerprint density at radius 1 is 1.23 bits per heavy atom. The highest BCUT2D eigenvalue weighted by Crippen LogP contribution is 2.41. The van der Waals surface area contributed by atoms with E-state index in [0.29, 0.717) is 23.5 Å². The second kappa shape index (κ2) is 5.70. The first kappa shape index (κ1) is 16.1. The van der Waals surface area contributed by atoms with Crippen LogP contribution in [0.15, 0.2) is 0 Å². The minimum Gasteiger partial charge on any atom is -0.444 e. The third kappa shape index (κ3) is 3.42. The van der Waals surface area contributed by atoms with Crippen molar-refractivity contribution in [2.24, 2.45) is 5.41 Å². The van der Waals surface area contributed by atoms with Crippen LogP contribution in [0.3, 0.4) is 0 Å². The topological polar surface area (TPSA) is 41.6 Å². The highest BCUT2D eigenvalue weighted by Gasteiger charge is 2.45. The first-order valence-corrected chi connectivity index (χ1v) is 9.00. The number of carbonyl (C=O) groups is 1. The third-order valence-corrected chi connectivity index (χ3v) is 5.72. The molecular weight excluding hydrogens is 276 g/mol. The molecule has 2 bridgehead atoms. The molecule has 2 aliphatic heterocycles. The summed E-state index contributed by atoms with van der Waals surface area (Å²) in [5, 5.41) is 3.79. The Bertz CT molecular complexity index is 411. The lowest BCUT2D eigenvalue weighted by Gasteiger charge is -2.43. The van der Waals surface area contributed by atoms with Gasteiger partial charge in [0, 0.05) is 24.7 Å². The lowest BCUT2D eigenvalue weighted by molar-refractivity contribution is 0.00379. The number of ether oxygens (including phenoxy) is 1. The largest absolute Gasteiger partial charge is 0.444 e. The van der Waals surface area contributed by atoms with Gasteiger partial charge in [0.1, 0.15) is 5.60 Å². The van der Waals surface area contributed by atoms with Crippen molar-refractivity contribution >= 4 is 6.09 Å². The zero-order valence-corrected chi connectivity index (χ0v) is 14.7. The van der Waals surface area contributed by atoms with Gasteiger partial charge < -0.3 is 15.0 Å². The predicted molar refractivity (Wildman–Crippen MR) is 87.9 cm³/mol. The van der Waals surface area contributed by atoms with Crippen molar-refractivity contribution in [2.45, 2.75) is 96.4 Å². The lowest BCUT2D eigenvalue weighted by Crippen LogP contribution is -2.54. The second-order valence-corrected chi connectivity index (χ2v) is 8.99. The Morgan fingerprint density at radius 3 is 2.27 bits per heavy atom. The molecule has 1 saturated carbocycles. The van der Waals surface area contributed by atoms with Gasteiger partial charge in [-0.05, 0) is 64.7 Å². The summed E-state index contributed by atoms with van der Waals surface area (Å²) in [6, 6.07) is 1.33. The van der Waals surface area contributed by atoms with Crippen LogP contribution >= 0.6 is 0 Å². The van der Waals surface area contributed by atoms with Gasteiger partial charge in [-0.25, -0.2) is 4.79 Å². The zero-order valence-electron chi connectivity index (χ0n) is 14.7. The van der Waals surface area contributed by atoms with Crippen LogP contribution < -0.4 is 5.32 Å². The SMILES string of the molecule is CC1(CNC2CC3CCC(C2)N3C(=O)OC(C)(C)C)CCC1. The van der Waals surface area contributed by atoms with E-state index in [1.807, 2.05) is 25.7 Å². The molecule has 2 saturated heterocycles. The first-order chi connectivity index (χ1) is 10.3. The summed E-state index contributed by atoms with van der Waals surface area (Å²) in [5.41, 5.74) is 0.131. The van der Waals surface area contributed by atoms with Crippen molar-refractivity contribution in [3.63, 3.8) is 0 Å². The molecule has 2 atom stereocenters. The Hall–Kier alpha value is -0.770. The predicted octanol–water partition coefficient (Wildman–Crippen LogP) is 3.70. The molecular formula is C18H32N2O2. The zero-order chi connectivity index (χ0) is 16.0. The molecule has 3 rings (SSSR count). The number of hydrogen-bond donors (Lipinski definition) is 1. The minimum atomic E-state index is -0.398. The highest BCUT2D eigenvalue weighted by molar-refractivity contribution is 5.69. The fourth-order valence-electron chi connectivity index (χ4n) is 4.30. The molecule has 4 nitrogen and oxygen atoms in total. The fraction of sp³-hybridized carbons (Fsp3) is 0.944. The van der Waals surface area contributed by atoms with Crippen molar-refractivity contribution in [3.8, 4) is 0 Å². The van der Waals surface area contributed by atoms with E-state index in [9.17, 15) is 4.79 Å². The van der Waals surface area contributed by atoms with E-state index in [-0.39, 0.29) is 6.09 Å². The molecule has 0 radical (unpaired) electrons. The molecule has 0 spiro atoms. The number of piperidine rings is 1. The second-order valence-electron chi connectivity index (χ2n) is 8.99. The first-order valence-electron chi connectivity index (χ1n) is 9.00. The number of fused-ring (bicyclic) bond motifs is 2. The maximum absolute atomic E-state index is 12.4. The van der Waals surface area contributed by atoms with Gasteiger partial charge in [0.05, 0.1) is 0 Å². The fourth-order valence-corrected chi connectivity index (χ4v) is 4.30. The number of carbonyl (C=O) groups excluding carboxylic acids is 1. The maximum Gasteiger partial charge on any atom is 0.410 e. The smallest absolute Gasteiger partial charge is 0.410 e. The Morgan fingerprint density at radius 2 is 1.82 bits per heavy atom. The molecule has 1 N–H and O–H groups in total. The minimum absolute atomic E-state index is 0.107. The van der Waals surface area contributed by atoms with E-state index >= 15 is 0 Å². The summed E-state index contributed by atoms with van der Waals surface area (Å²) in [6.45, 7) is 9.37. The number of nitrogens with one attached hydrogen (secondary N) is 1. The molecule has 126 valence electrons. The van der Waals surface area contributed by atoms with Crippen LogP contribution in [0.1, 0.15) is 72.6 Å². The normalized spacial score (nSPS) is 33.5. The number of amides is 1. The summed E-state index contributed by atoms with van der Waals surface area (Å²) in [4.78, 5) is 14.5. The molecule has 2 unspecified atom stereocenters. The van der Waals surface area contributed by atoms with Crippen LogP contribution in [0.25, 0.3) is 0 Å². The average Bonchev–Trinajstić information content (AvgIpc) is 2.64. The molecule has 0 aromatic rings. The van der Waals surface area contributed by atoms with Crippen molar-refractivity contribution < 1.29 is 9.53 Å². The van der Waals surface area contributed by atoms with E-state index < -0.39 is 5.60 Å². The monoisotopic (exact) mass is 308 g/mol. The van der Waals surface area contributed by atoms with E-state index in [2.05, 4.69) is 12.2 Å². The maximum atomic E-state index is 12.4. The summed E-state index contributed by atoms with van der Waals surface area (Å²) in [7, 11) is 0. The molecule has 1 amide bonds. The molecule has 2 heterocycles. The summed E-state index contributed by atoms with van der Waals surface area (Å²) in [6.07, 6.45) is 8.47. The van der Waals surface area contributed by atoms with Gasteiger partial charge in [-0.15, -0.1) is 0 Å². The summed E-state index contributed by atoms with van der Waals surface area (Å²) in [5.74, 6) is 0. The number of hydrogen-bond acceptors (Lipinski definition) is 3.